The first-order chi connectivity index (χ1) is 11.3. The predicted molar refractivity (Wildman–Crippen MR) is 80.6 cm³/mol. The second-order valence-electron chi connectivity index (χ2n) is 5.00. The van der Waals surface area contributed by atoms with Crippen LogP contribution in [0.15, 0.2) is 36.4 Å². The SMILES string of the molecule is COc1cc(N2C(=O)c3ccccc3C2=O)c(Cl)c(C(F)(F)F)c1. The van der Waals surface area contributed by atoms with E-state index in [0.717, 1.165) is 6.07 Å². The Balaban J connectivity index is 2.21. The Bertz CT molecular complexity index is 829. The largest absolute Gasteiger partial charge is 0.497 e. The predicted octanol–water partition coefficient (Wildman–Crippen LogP) is 4.17. The summed E-state index contributed by atoms with van der Waals surface area (Å²) in [6.07, 6.45) is -4.76. The molecule has 0 spiro atoms. The van der Waals surface area contributed by atoms with Crippen LogP contribution in [0.25, 0.3) is 0 Å². The lowest BCUT2D eigenvalue weighted by molar-refractivity contribution is -0.137. The van der Waals surface area contributed by atoms with E-state index in [4.69, 9.17) is 16.3 Å². The summed E-state index contributed by atoms with van der Waals surface area (Å²) in [5.74, 6) is -1.64. The van der Waals surface area contributed by atoms with Crippen molar-refractivity contribution in [3.05, 3.63) is 58.1 Å². The van der Waals surface area contributed by atoms with Crippen LogP contribution < -0.4 is 9.64 Å². The molecule has 3 rings (SSSR count). The smallest absolute Gasteiger partial charge is 0.418 e. The fraction of sp³-hybridized carbons (Fsp3) is 0.125. The molecule has 0 aliphatic carbocycles. The number of imide groups is 1. The standard InChI is InChI=1S/C16H9ClF3NO3/c1-24-8-6-11(16(18,19)20)13(17)12(7-8)21-14(22)9-4-2-3-5-10(9)15(21)23/h2-7H,1H3. The Morgan fingerprint density at radius 3 is 2.04 bits per heavy atom. The number of benzene rings is 2. The van der Waals surface area contributed by atoms with Gasteiger partial charge in [-0.05, 0) is 18.2 Å². The van der Waals surface area contributed by atoms with Gasteiger partial charge in [0.2, 0.25) is 0 Å². The quantitative estimate of drug-likeness (QED) is 0.760. The number of rotatable bonds is 2. The van der Waals surface area contributed by atoms with Gasteiger partial charge in [-0.15, -0.1) is 0 Å². The average molecular weight is 356 g/mol. The van der Waals surface area contributed by atoms with Crippen LogP contribution in [-0.4, -0.2) is 18.9 Å². The summed E-state index contributed by atoms with van der Waals surface area (Å²) < 4.78 is 44.3. The third-order valence-electron chi connectivity index (χ3n) is 3.60. The molecule has 0 saturated carbocycles. The van der Waals surface area contributed by atoms with Crippen molar-refractivity contribution in [3.63, 3.8) is 0 Å². The summed E-state index contributed by atoms with van der Waals surface area (Å²) in [6, 6.07) is 7.80. The maximum Gasteiger partial charge on any atom is 0.418 e. The van der Waals surface area contributed by atoms with Crippen molar-refractivity contribution in [2.75, 3.05) is 12.0 Å². The van der Waals surface area contributed by atoms with Crippen molar-refractivity contribution in [3.8, 4) is 5.75 Å². The van der Waals surface area contributed by atoms with E-state index in [1.807, 2.05) is 0 Å². The molecular formula is C16H9ClF3NO3. The maximum absolute atomic E-state index is 13.2. The third kappa shape index (κ3) is 2.41. The van der Waals surface area contributed by atoms with Crippen molar-refractivity contribution in [2.24, 2.45) is 0 Å². The number of carbonyl (C=O) groups is 2. The number of hydrogen-bond acceptors (Lipinski definition) is 3. The van der Waals surface area contributed by atoms with E-state index in [1.54, 1.807) is 12.1 Å². The van der Waals surface area contributed by atoms with Crippen molar-refractivity contribution < 1.29 is 27.5 Å². The second-order valence-corrected chi connectivity index (χ2v) is 5.38. The molecule has 0 bridgehead atoms. The summed E-state index contributed by atoms with van der Waals surface area (Å²) in [4.78, 5) is 25.5. The number of carbonyl (C=O) groups excluding carboxylic acids is 2. The third-order valence-corrected chi connectivity index (χ3v) is 4.00. The van der Waals surface area contributed by atoms with Gasteiger partial charge in [-0.1, -0.05) is 23.7 Å². The molecule has 0 atom stereocenters. The zero-order chi connectivity index (χ0) is 17.6. The number of hydrogen-bond donors (Lipinski definition) is 0. The topological polar surface area (TPSA) is 46.6 Å². The molecule has 2 aromatic carbocycles. The van der Waals surface area contributed by atoms with Gasteiger partial charge >= 0.3 is 6.18 Å². The zero-order valence-electron chi connectivity index (χ0n) is 12.1. The van der Waals surface area contributed by atoms with Crippen LogP contribution in [0.3, 0.4) is 0 Å². The molecule has 1 aliphatic rings. The number of alkyl halides is 3. The summed E-state index contributed by atoms with van der Waals surface area (Å²) in [7, 11) is 1.18. The lowest BCUT2D eigenvalue weighted by atomic mass is 10.1. The van der Waals surface area contributed by atoms with Crippen LogP contribution in [0.1, 0.15) is 26.3 Å². The van der Waals surface area contributed by atoms with Crippen molar-refractivity contribution >= 4 is 29.1 Å². The summed E-state index contributed by atoms with van der Waals surface area (Å²) in [5.41, 5.74) is -1.34. The van der Waals surface area contributed by atoms with Crippen molar-refractivity contribution in [1.82, 2.24) is 0 Å². The number of fused-ring (bicyclic) bond motifs is 1. The van der Waals surface area contributed by atoms with Gasteiger partial charge in [0.05, 0.1) is 34.5 Å². The van der Waals surface area contributed by atoms with Gasteiger partial charge < -0.3 is 4.74 Å². The fourth-order valence-electron chi connectivity index (χ4n) is 2.48. The Kier molecular flexibility index (Phi) is 3.76. The molecule has 8 heteroatoms. The molecule has 1 heterocycles. The first kappa shape index (κ1) is 16.3. The van der Waals surface area contributed by atoms with E-state index in [-0.39, 0.29) is 22.6 Å². The van der Waals surface area contributed by atoms with Gasteiger partial charge in [0.15, 0.2) is 0 Å². The molecule has 0 fully saturated rings. The number of anilines is 1. The second kappa shape index (κ2) is 5.52. The first-order valence-electron chi connectivity index (χ1n) is 6.68. The van der Waals surface area contributed by atoms with Crippen LogP contribution in [0.4, 0.5) is 18.9 Å². The number of nitrogens with zero attached hydrogens (tertiary/aromatic N) is 1. The molecule has 0 unspecified atom stereocenters. The molecule has 124 valence electrons. The molecule has 4 nitrogen and oxygen atoms in total. The molecule has 0 radical (unpaired) electrons. The van der Waals surface area contributed by atoms with Crippen molar-refractivity contribution in [2.45, 2.75) is 6.18 Å². The van der Waals surface area contributed by atoms with Gasteiger partial charge in [0.25, 0.3) is 11.8 Å². The van der Waals surface area contributed by atoms with E-state index >= 15 is 0 Å². The van der Waals surface area contributed by atoms with Gasteiger partial charge in [-0.25, -0.2) is 4.90 Å². The normalized spacial score (nSPS) is 14.1. The average Bonchev–Trinajstić information content (AvgIpc) is 2.79. The summed E-state index contributed by atoms with van der Waals surface area (Å²) >= 11 is 5.85. The van der Waals surface area contributed by atoms with E-state index < -0.39 is 28.6 Å². The lowest BCUT2D eigenvalue weighted by Gasteiger charge is -2.20. The molecule has 2 amide bonds. The fourth-order valence-corrected chi connectivity index (χ4v) is 2.78. The van der Waals surface area contributed by atoms with E-state index in [0.29, 0.717) is 11.0 Å². The van der Waals surface area contributed by atoms with Crippen LogP contribution in [0.5, 0.6) is 5.75 Å². The lowest BCUT2D eigenvalue weighted by Crippen LogP contribution is -2.30. The molecule has 0 aromatic heterocycles. The molecule has 0 N–H and O–H groups in total. The molecule has 1 aliphatic heterocycles. The van der Waals surface area contributed by atoms with Gasteiger partial charge in [-0.3, -0.25) is 9.59 Å². The monoisotopic (exact) mass is 355 g/mol. The molecular weight excluding hydrogens is 347 g/mol. The van der Waals surface area contributed by atoms with Crippen LogP contribution in [0, 0.1) is 0 Å². The molecule has 2 aromatic rings. The van der Waals surface area contributed by atoms with Crippen molar-refractivity contribution in [1.29, 1.82) is 0 Å². The molecule has 24 heavy (non-hydrogen) atoms. The van der Waals surface area contributed by atoms with Crippen LogP contribution in [0.2, 0.25) is 5.02 Å². The Hall–Kier alpha value is -2.54. The Morgan fingerprint density at radius 1 is 1.04 bits per heavy atom. The Morgan fingerprint density at radius 2 is 1.58 bits per heavy atom. The number of ether oxygens (including phenoxy) is 1. The van der Waals surface area contributed by atoms with E-state index in [1.165, 1.54) is 19.2 Å². The summed E-state index contributed by atoms with van der Waals surface area (Å²) in [6.45, 7) is 0. The summed E-state index contributed by atoms with van der Waals surface area (Å²) in [5, 5.41) is -0.738. The number of halogens is 4. The first-order valence-corrected chi connectivity index (χ1v) is 7.06. The highest BCUT2D eigenvalue weighted by Crippen LogP contribution is 2.44. The van der Waals surface area contributed by atoms with Gasteiger partial charge in [-0.2, -0.15) is 13.2 Å². The minimum atomic E-state index is -4.76. The van der Waals surface area contributed by atoms with E-state index in [2.05, 4.69) is 0 Å². The molecule has 0 saturated heterocycles. The van der Waals surface area contributed by atoms with Gasteiger partial charge in [0, 0.05) is 6.07 Å². The highest BCUT2D eigenvalue weighted by atomic mass is 35.5. The van der Waals surface area contributed by atoms with E-state index in [9.17, 15) is 22.8 Å². The Labute approximate surface area is 139 Å². The van der Waals surface area contributed by atoms with Gasteiger partial charge in [0.1, 0.15) is 5.75 Å². The minimum Gasteiger partial charge on any atom is -0.497 e. The number of methoxy groups -OCH3 is 1. The number of amides is 2. The minimum absolute atomic E-state index is 0.106. The highest BCUT2D eigenvalue weighted by molar-refractivity contribution is 6.40. The zero-order valence-corrected chi connectivity index (χ0v) is 12.9. The van der Waals surface area contributed by atoms with Crippen LogP contribution >= 0.6 is 11.6 Å². The highest BCUT2D eigenvalue weighted by Gasteiger charge is 2.41. The maximum atomic E-state index is 13.2. The van der Waals surface area contributed by atoms with Crippen LogP contribution in [-0.2, 0) is 6.18 Å².